The average Bonchev–Trinajstić information content (AvgIpc) is 3.57. The standard InChI is InChI=1S/C42H43N3O/c1-30-28-39-37(36-26-17-27-43-40(36)46-39)29-38(30)44-31(2)42(34-22-13-7-14-23-34,33-20-11-4-3-5-12-21-33)45(35-24-15-8-16-25-35)41(44)32-18-9-6-10-19-32/h6-10,13-19,22-29,31,33,41H,3-5,11-12,20-21H2,1-2H3/t31-,41?,42?/m0/s1. The molecule has 2 aromatic heterocycles. The number of pyridine rings is 1. The first-order valence-electron chi connectivity index (χ1n) is 17.2. The maximum absolute atomic E-state index is 6.27. The summed E-state index contributed by atoms with van der Waals surface area (Å²) in [5.74, 6) is 0.490. The molecule has 1 saturated carbocycles. The summed E-state index contributed by atoms with van der Waals surface area (Å²) in [6, 6.07) is 42.8. The number of hydrogen-bond donors (Lipinski definition) is 0. The first kappa shape index (κ1) is 28.9. The number of furan rings is 1. The van der Waals surface area contributed by atoms with Gasteiger partial charge in [0.2, 0.25) is 5.71 Å². The van der Waals surface area contributed by atoms with E-state index in [-0.39, 0.29) is 17.7 Å². The minimum atomic E-state index is -0.262. The van der Waals surface area contributed by atoms with Gasteiger partial charge in [0.05, 0.1) is 11.6 Å². The van der Waals surface area contributed by atoms with Gasteiger partial charge in [-0.1, -0.05) is 111 Å². The maximum Gasteiger partial charge on any atom is 0.227 e. The monoisotopic (exact) mass is 605 g/mol. The lowest BCUT2D eigenvalue weighted by molar-refractivity contribution is 0.204. The smallest absolute Gasteiger partial charge is 0.227 e. The van der Waals surface area contributed by atoms with Gasteiger partial charge in [-0.2, -0.15) is 0 Å². The Morgan fingerprint density at radius 2 is 1.37 bits per heavy atom. The Morgan fingerprint density at radius 3 is 2.09 bits per heavy atom. The van der Waals surface area contributed by atoms with Crippen molar-refractivity contribution in [1.29, 1.82) is 0 Å². The lowest BCUT2D eigenvalue weighted by Crippen LogP contribution is -2.54. The van der Waals surface area contributed by atoms with Crippen molar-refractivity contribution in [2.45, 2.75) is 76.5 Å². The molecule has 0 spiro atoms. The molecule has 2 fully saturated rings. The molecule has 1 aliphatic heterocycles. The van der Waals surface area contributed by atoms with Crippen LogP contribution in [-0.4, -0.2) is 11.0 Å². The Balaban J connectivity index is 1.44. The van der Waals surface area contributed by atoms with Crippen LogP contribution in [0.1, 0.15) is 74.7 Å². The average molecular weight is 606 g/mol. The van der Waals surface area contributed by atoms with Crippen LogP contribution in [0.25, 0.3) is 22.1 Å². The van der Waals surface area contributed by atoms with Crippen LogP contribution in [0.15, 0.2) is 126 Å². The molecule has 3 heterocycles. The molecule has 1 aliphatic carbocycles. The molecule has 4 nitrogen and oxygen atoms in total. The van der Waals surface area contributed by atoms with Crippen LogP contribution < -0.4 is 9.80 Å². The van der Waals surface area contributed by atoms with E-state index >= 15 is 0 Å². The minimum absolute atomic E-state index is 0.0170. The fourth-order valence-electron chi connectivity index (χ4n) is 8.95. The third-order valence-electron chi connectivity index (χ3n) is 10.9. The SMILES string of the molecule is Cc1cc2oc3ncccc3c2cc1N1C(c2ccccc2)N(c2ccccc2)C(c2ccccc2)(C2CCCCCCC2)[C@@H]1C. The van der Waals surface area contributed by atoms with Crippen LogP contribution >= 0.6 is 0 Å². The lowest BCUT2D eigenvalue weighted by Gasteiger charge is -2.49. The highest BCUT2D eigenvalue weighted by atomic mass is 16.3. The number of para-hydroxylation sites is 1. The summed E-state index contributed by atoms with van der Waals surface area (Å²) in [5, 5.41) is 2.19. The third kappa shape index (κ3) is 4.61. The predicted octanol–water partition coefficient (Wildman–Crippen LogP) is 11.0. The number of aryl methyl sites for hydroxylation is 1. The number of anilines is 2. The molecule has 6 aromatic rings. The van der Waals surface area contributed by atoms with Crippen molar-refractivity contribution in [3.05, 3.63) is 138 Å². The zero-order valence-corrected chi connectivity index (χ0v) is 27.0. The third-order valence-corrected chi connectivity index (χ3v) is 10.9. The topological polar surface area (TPSA) is 32.5 Å². The van der Waals surface area contributed by atoms with E-state index in [9.17, 15) is 0 Å². The van der Waals surface area contributed by atoms with Crippen LogP contribution in [0, 0.1) is 12.8 Å². The Kier molecular flexibility index (Phi) is 7.52. The second-order valence-electron chi connectivity index (χ2n) is 13.4. The second kappa shape index (κ2) is 12.0. The van der Waals surface area contributed by atoms with E-state index < -0.39 is 0 Å². The zero-order valence-electron chi connectivity index (χ0n) is 27.0. The van der Waals surface area contributed by atoms with E-state index in [0.29, 0.717) is 11.6 Å². The minimum Gasteiger partial charge on any atom is -0.438 e. The molecule has 0 amide bonds. The summed E-state index contributed by atoms with van der Waals surface area (Å²) in [5.41, 5.74) is 7.79. The first-order valence-corrected chi connectivity index (χ1v) is 17.2. The Morgan fingerprint density at radius 1 is 0.717 bits per heavy atom. The summed E-state index contributed by atoms with van der Waals surface area (Å²) in [6.45, 7) is 4.75. The van der Waals surface area contributed by atoms with Crippen LogP contribution in [0.3, 0.4) is 0 Å². The molecule has 4 aromatic carbocycles. The van der Waals surface area contributed by atoms with Gasteiger partial charge in [0.25, 0.3) is 0 Å². The number of nitrogens with zero attached hydrogens (tertiary/aromatic N) is 3. The highest BCUT2D eigenvalue weighted by Crippen LogP contribution is 2.59. The van der Waals surface area contributed by atoms with Crippen molar-refractivity contribution in [3.63, 3.8) is 0 Å². The van der Waals surface area contributed by atoms with E-state index in [1.807, 2.05) is 12.3 Å². The molecule has 1 saturated heterocycles. The van der Waals surface area contributed by atoms with Crippen LogP contribution in [-0.2, 0) is 5.54 Å². The van der Waals surface area contributed by atoms with Gasteiger partial charge in [-0.3, -0.25) is 0 Å². The number of hydrogen-bond acceptors (Lipinski definition) is 4. The van der Waals surface area contributed by atoms with Crippen molar-refractivity contribution in [3.8, 4) is 0 Å². The van der Waals surface area contributed by atoms with E-state index in [2.05, 4.69) is 138 Å². The largest absolute Gasteiger partial charge is 0.438 e. The summed E-state index contributed by atoms with van der Waals surface area (Å²) in [4.78, 5) is 10.1. The van der Waals surface area contributed by atoms with Crippen molar-refractivity contribution >= 4 is 33.4 Å². The lowest BCUT2D eigenvalue weighted by atomic mass is 9.68. The molecule has 2 unspecified atom stereocenters. The van der Waals surface area contributed by atoms with Gasteiger partial charge in [-0.05, 0) is 85.7 Å². The molecule has 8 rings (SSSR count). The van der Waals surface area contributed by atoms with Gasteiger partial charge in [0.1, 0.15) is 11.7 Å². The Bertz CT molecular complexity index is 1930. The van der Waals surface area contributed by atoms with E-state index in [4.69, 9.17) is 4.42 Å². The molecule has 0 bridgehead atoms. The van der Waals surface area contributed by atoms with Crippen molar-refractivity contribution < 1.29 is 4.42 Å². The second-order valence-corrected chi connectivity index (χ2v) is 13.4. The number of benzene rings is 4. The Labute approximate surface area is 272 Å². The molecule has 3 atom stereocenters. The van der Waals surface area contributed by atoms with E-state index in [0.717, 1.165) is 16.4 Å². The molecular formula is C42H43N3O. The highest BCUT2D eigenvalue weighted by Gasteiger charge is 2.60. The molecule has 46 heavy (non-hydrogen) atoms. The van der Waals surface area contributed by atoms with E-state index in [1.54, 1.807) is 0 Å². The normalized spacial score (nSPS) is 22.7. The number of aromatic nitrogens is 1. The van der Waals surface area contributed by atoms with Crippen LogP contribution in [0.2, 0.25) is 0 Å². The highest BCUT2D eigenvalue weighted by molar-refractivity contribution is 6.05. The van der Waals surface area contributed by atoms with Crippen molar-refractivity contribution in [2.75, 3.05) is 9.80 Å². The summed E-state index contributed by atoms with van der Waals surface area (Å²) < 4.78 is 6.27. The molecule has 2 aliphatic rings. The van der Waals surface area contributed by atoms with Crippen molar-refractivity contribution in [2.24, 2.45) is 5.92 Å². The van der Waals surface area contributed by atoms with Gasteiger partial charge in [-0.25, -0.2) is 4.98 Å². The van der Waals surface area contributed by atoms with Gasteiger partial charge < -0.3 is 14.2 Å². The van der Waals surface area contributed by atoms with Gasteiger partial charge >= 0.3 is 0 Å². The summed E-state index contributed by atoms with van der Waals surface area (Å²) in [6.07, 6.45) is 10.8. The van der Waals surface area contributed by atoms with E-state index in [1.165, 1.54) is 73.0 Å². The van der Waals surface area contributed by atoms with Crippen molar-refractivity contribution in [1.82, 2.24) is 4.98 Å². The Hall–Kier alpha value is -4.57. The first-order chi connectivity index (χ1) is 22.7. The molecule has 0 N–H and O–H groups in total. The van der Waals surface area contributed by atoms with Crippen LogP contribution in [0.5, 0.6) is 0 Å². The molecule has 4 heteroatoms. The fourth-order valence-corrected chi connectivity index (χ4v) is 8.95. The quantitative estimate of drug-likeness (QED) is 0.196. The maximum atomic E-state index is 6.27. The molecular weight excluding hydrogens is 562 g/mol. The van der Waals surface area contributed by atoms with Gasteiger partial charge in [-0.15, -0.1) is 0 Å². The van der Waals surface area contributed by atoms with Gasteiger partial charge in [0, 0.05) is 28.3 Å². The molecule has 232 valence electrons. The number of rotatable bonds is 5. The summed E-state index contributed by atoms with van der Waals surface area (Å²) in [7, 11) is 0. The van der Waals surface area contributed by atoms with Gasteiger partial charge in [0.15, 0.2) is 0 Å². The van der Waals surface area contributed by atoms with Crippen LogP contribution in [0.4, 0.5) is 11.4 Å². The summed E-state index contributed by atoms with van der Waals surface area (Å²) >= 11 is 0. The zero-order chi connectivity index (χ0) is 31.1. The molecule has 0 radical (unpaired) electrons. The number of fused-ring (bicyclic) bond motifs is 3. The predicted molar refractivity (Wildman–Crippen MR) is 190 cm³/mol. The fraction of sp³-hybridized carbons (Fsp3) is 0.310.